The molecule has 0 bridgehead atoms. The average Bonchev–Trinajstić information content (AvgIpc) is 2.38. The van der Waals surface area contributed by atoms with Crippen molar-refractivity contribution < 1.29 is 13.2 Å². The monoisotopic (exact) mass is 250 g/mol. The zero-order chi connectivity index (χ0) is 13.2. The number of rotatable bonds is 2. The van der Waals surface area contributed by atoms with Gasteiger partial charge in [0.1, 0.15) is 0 Å². The summed E-state index contributed by atoms with van der Waals surface area (Å²) in [5.74, 6) is 0. The molecule has 0 amide bonds. The molecule has 0 aliphatic rings. The molecule has 93 valence electrons. The predicted octanol–water partition coefficient (Wildman–Crippen LogP) is 4.27. The van der Waals surface area contributed by atoms with Gasteiger partial charge in [0.25, 0.3) is 0 Å². The van der Waals surface area contributed by atoms with Crippen LogP contribution in [0.3, 0.4) is 0 Å². The third-order valence-electron chi connectivity index (χ3n) is 2.62. The van der Waals surface area contributed by atoms with Crippen molar-refractivity contribution in [1.82, 2.24) is 0 Å². The zero-order valence-electron chi connectivity index (χ0n) is 9.70. The Kier molecular flexibility index (Phi) is 3.28. The lowest BCUT2D eigenvalue weighted by Crippen LogP contribution is -2.16. The molecule has 0 aromatic heterocycles. The number of alkyl halides is 3. The molecule has 0 fully saturated rings. The number of hydrogen-bond acceptors (Lipinski definition) is 1. The standard InChI is InChI=1S/C14H11F3N/c1-18(11-7-3-2-4-8-11)13-10-6-5-9-12(13)14(15,16)17/h2-9H,1H3. The summed E-state index contributed by atoms with van der Waals surface area (Å²) >= 11 is 0. The maximum atomic E-state index is 12.9. The van der Waals surface area contributed by atoms with E-state index in [-0.39, 0.29) is 5.69 Å². The van der Waals surface area contributed by atoms with Gasteiger partial charge in [-0.25, -0.2) is 0 Å². The Morgan fingerprint density at radius 3 is 2.28 bits per heavy atom. The molecule has 0 aliphatic heterocycles. The van der Waals surface area contributed by atoms with E-state index >= 15 is 0 Å². The molecule has 1 nitrogen and oxygen atoms in total. The highest BCUT2D eigenvalue weighted by molar-refractivity contribution is 5.65. The summed E-state index contributed by atoms with van der Waals surface area (Å²) < 4.78 is 38.6. The van der Waals surface area contributed by atoms with Gasteiger partial charge in [0.2, 0.25) is 0 Å². The van der Waals surface area contributed by atoms with Gasteiger partial charge < -0.3 is 4.90 Å². The molecule has 2 aromatic carbocycles. The molecule has 0 N–H and O–H groups in total. The summed E-state index contributed by atoms with van der Waals surface area (Å²) in [4.78, 5) is 1.48. The Hall–Kier alpha value is -1.97. The van der Waals surface area contributed by atoms with Gasteiger partial charge in [-0.15, -0.1) is 0 Å². The van der Waals surface area contributed by atoms with E-state index in [9.17, 15) is 13.2 Å². The molecule has 0 unspecified atom stereocenters. The third-order valence-corrected chi connectivity index (χ3v) is 2.62. The molecule has 2 rings (SSSR count). The number of nitrogens with zero attached hydrogens (tertiary/aromatic N) is 1. The van der Waals surface area contributed by atoms with Crippen LogP contribution >= 0.6 is 0 Å². The summed E-state index contributed by atoms with van der Waals surface area (Å²) in [5, 5.41) is 0. The lowest BCUT2D eigenvalue weighted by molar-refractivity contribution is -0.137. The number of anilines is 2. The van der Waals surface area contributed by atoms with Crippen LogP contribution in [0.25, 0.3) is 0 Å². The summed E-state index contributed by atoms with van der Waals surface area (Å²) in [7, 11) is 1.59. The van der Waals surface area contributed by atoms with Crippen molar-refractivity contribution in [1.29, 1.82) is 0 Å². The second kappa shape index (κ2) is 4.72. The van der Waals surface area contributed by atoms with Crippen LogP contribution in [0.15, 0.2) is 48.5 Å². The first-order valence-corrected chi connectivity index (χ1v) is 5.37. The van der Waals surface area contributed by atoms with Gasteiger partial charge in [-0.2, -0.15) is 13.2 Å². The van der Waals surface area contributed by atoms with Gasteiger partial charge in [0.15, 0.2) is 0 Å². The van der Waals surface area contributed by atoms with E-state index in [4.69, 9.17) is 0 Å². The van der Waals surface area contributed by atoms with Gasteiger partial charge in [-0.05, 0) is 18.2 Å². The highest BCUT2D eigenvalue weighted by Gasteiger charge is 2.34. The summed E-state index contributed by atoms with van der Waals surface area (Å²) in [5.41, 5.74) is 0.0259. The van der Waals surface area contributed by atoms with Crippen molar-refractivity contribution in [2.75, 3.05) is 11.9 Å². The Labute approximate surface area is 103 Å². The van der Waals surface area contributed by atoms with Crippen LogP contribution in [-0.2, 0) is 6.18 Å². The SMILES string of the molecule is CN(c1ccccc1)c1[c]cccc1C(F)(F)F. The minimum absolute atomic E-state index is 0.0243. The first-order valence-electron chi connectivity index (χ1n) is 5.37. The minimum Gasteiger partial charge on any atom is -0.344 e. The summed E-state index contributed by atoms with van der Waals surface area (Å²) in [6, 6.07) is 15.4. The zero-order valence-corrected chi connectivity index (χ0v) is 9.70. The van der Waals surface area contributed by atoms with Crippen molar-refractivity contribution in [3.05, 3.63) is 60.2 Å². The van der Waals surface area contributed by atoms with Crippen LogP contribution in [0.5, 0.6) is 0 Å². The van der Waals surface area contributed by atoms with E-state index in [0.717, 1.165) is 6.07 Å². The second-order valence-electron chi connectivity index (χ2n) is 3.82. The highest BCUT2D eigenvalue weighted by Crippen LogP contribution is 2.37. The Morgan fingerprint density at radius 1 is 1.00 bits per heavy atom. The molecule has 0 spiro atoms. The van der Waals surface area contributed by atoms with Crippen LogP contribution in [0.2, 0.25) is 0 Å². The van der Waals surface area contributed by atoms with E-state index < -0.39 is 11.7 Å². The van der Waals surface area contributed by atoms with Crippen molar-refractivity contribution in [3.8, 4) is 0 Å². The number of hydrogen-bond donors (Lipinski definition) is 0. The Morgan fingerprint density at radius 2 is 1.67 bits per heavy atom. The molecule has 18 heavy (non-hydrogen) atoms. The fourth-order valence-corrected chi connectivity index (χ4v) is 1.72. The van der Waals surface area contributed by atoms with E-state index in [1.54, 1.807) is 31.3 Å². The Balaban J connectivity index is 2.46. The van der Waals surface area contributed by atoms with Gasteiger partial charge in [0.05, 0.1) is 11.3 Å². The second-order valence-corrected chi connectivity index (χ2v) is 3.82. The molecular formula is C14H11F3N. The molecular weight excluding hydrogens is 239 g/mol. The quantitative estimate of drug-likeness (QED) is 0.769. The van der Waals surface area contributed by atoms with Crippen molar-refractivity contribution in [2.45, 2.75) is 6.18 Å². The number of benzene rings is 2. The van der Waals surface area contributed by atoms with Gasteiger partial charge >= 0.3 is 6.18 Å². The first kappa shape index (κ1) is 12.5. The topological polar surface area (TPSA) is 3.24 Å². The van der Waals surface area contributed by atoms with Crippen molar-refractivity contribution in [3.63, 3.8) is 0 Å². The van der Waals surface area contributed by atoms with Crippen LogP contribution in [0.4, 0.5) is 24.5 Å². The molecule has 1 radical (unpaired) electrons. The summed E-state index contributed by atoms with van der Waals surface area (Å²) in [6.45, 7) is 0. The summed E-state index contributed by atoms with van der Waals surface area (Å²) in [6.07, 6.45) is -4.38. The molecule has 0 heterocycles. The predicted molar refractivity (Wildman–Crippen MR) is 64.8 cm³/mol. The van der Waals surface area contributed by atoms with E-state index in [1.807, 2.05) is 6.07 Å². The largest absolute Gasteiger partial charge is 0.418 e. The lowest BCUT2D eigenvalue weighted by Gasteiger charge is -2.23. The molecule has 0 saturated carbocycles. The van der Waals surface area contributed by atoms with Crippen molar-refractivity contribution in [2.24, 2.45) is 0 Å². The van der Waals surface area contributed by atoms with Crippen LogP contribution in [0, 0.1) is 6.07 Å². The van der Waals surface area contributed by atoms with Gasteiger partial charge in [-0.1, -0.05) is 30.3 Å². The minimum atomic E-state index is -4.38. The van der Waals surface area contributed by atoms with Crippen molar-refractivity contribution >= 4 is 11.4 Å². The fourth-order valence-electron chi connectivity index (χ4n) is 1.72. The fraction of sp³-hybridized carbons (Fsp3) is 0.143. The molecule has 0 aliphatic carbocycles. The van der Waals surface area contributed by atoms with E-state index in [0.29, 0.717) is 5.69 Å². The third kappa shape index (κ3) is 2.47. The van der Waals surface area contributed by atoms with Crippen LogP contribution in [0.1, 0.15) is 5.56 Å². The lowest BCUT2D eigenvalue weighted by atomic mass is 10.1. The molecule has 2 aromatic rings. The number of halogens is 3. The van der Waals surface area contributed by atoms with Crippen LogP contribution < -0.4 is 4.90 Å². The van der Waals surface area contributed by atoms with Gasteiger partial charge in [0, 0.05) is 18.8 Å². The van der Waals surface area contributed by atoms with E-state index in [2.05, 4.69) is 6.07 Å². The average molecular weight is 250 g/mol. The maximum absolute atomic E-state index is 12.9. The molecule has 0 saturated heterocycles. The maximum Gasteiger partial charge on any atom is 0.418 e. The molecule has 4 heteroatoms. The highest BCUT2D eigenvalue weighted by atomic mass is 19.4. The van der Waals surface area contributed by atoms with Gasteiger partial charge in [-0.3, -0.25) is 0 Å². The van der Waals surface area contributed by atoms with Crippen LogP contribution in [-0.4, -0.2) is 7.05 Å². The molecule has 0 atom stereocenters. The first-order chi connectivity index (χ1) is 8.50. The smallest absolute Gasteiger partial charge is 0.344 e. The normalized spacial score (nSPS) is 11.3. The number of para-hydroxylation sites is 2. The van der Waals surface area contributed by atoms with E-state index in [1.165, 1.54) is 17.0 Å². The Bertz CT molecular complexity index is 520.